The second-order valence-corrected chi connectivity index (χ2v) is 4.20. The second kappa shape index (κ2) is 4.52. The minimum absolute atomic E-state index is 0.0713. The normalized spacial score (nSPS) is 10.6. The van der Waals surface area contributed by atoms with Crippen LogP contribution in [0.2, 0.25) is 0 Å². The van der Waals surface area contributed by atoms with Crippen LogP contribution in [0.15, 0.2) is 39.8 Å². The number of hydrogen-bond donors (Lipinski definition) is 0. The third kappa shape index (κ3) is 2.01. The Labute approximate surface area is 97.2 Å². The van der Waals surface area contributed by atoms with Crippen LogP contribution in [-0.2, 0) is 13.6 Å². The number of aromatic nitrogens is 4. The summed E-state index contributed by atoms with van der Waals surface area (Å²) in [6, 6.07) is 0. The molecule has 0 saturated carbocycles. The Hall–Kier alpha value is -1.56. The molecule has 84 valence electrons. The quantitative estimate of drug-likeness (QED) is 0.802. The van der Waals surface area contributed by atoms with Gasteiger partial charge in [0, 0.05) is 38.4 Å². The minimum atomic E-state index is -0.0713. The van der Waals surface area contributed by atoms with E-state index in [0.29, 0.717) is 11.6 Å². The molecule has 0 bridgehead atoms. The van der Waals surface area contributed by atoms with E-state index in [2.05, 4.69) is 9.97 Å². The van der Waals surface area contributed by atoms with Crippen molar-refractivity contribution < 1.29 is 0 Å². The van der Waals surface area contributed by atoms with E-state index in [0.717, 1.165) is 5.16 Å². The molecule has 0 aliphatic heterocycles. The van der Waals surface area contributed by atoms with Crippen LogP contribution in [0, 0.1) is 0 Å². The van der Waals surface area contributed by atoms with Crippen molar-refractivity contribution in [2.45, 2.75) is 23.7 Å². The molecule has 0 amide bonds. The van der Waals surface area contributed by atoms with E-state index in [9.17, 15) is 4.79 Å². The predicted molar refractivity (Wildman–Crippen MR) is 61.5 cm³/mol. The fourth-order valence-corrected chi connectivity index (χ4v) is 2.09. The molecule has 0 aliphatic carbocycles. The van der Waals surface area contributed by atoms with E-state index < -0.39 is 0 Å². The van der Waals surface area contributed by atoms with Gasteiger partial charge in [-0.25, -0.2) is 9.97 Å². The van der Waals surface area contributed by atoms with Crippen LogP contribution in [-0.4, -0.2) is 19.1 Å². The summed E-state index contributed by atoms with van der Waals surface area (Å²) in [5.74, 6) is 0. The number of aryl methyl sites for hydroxylation is 2. The SMILES string of the molecule is CCn1ccnc(Sc2nccn2C)c1=O. The first kappa shape index (κ1) is 10.9. The van der Waals surface area contributed by atoms with E-state index in [4.69, 9.17) is 0 Å². The van der Waals surface area contributed by atoms with E-state index in [1.54, 1.807) is 23.2 Å². The monoisotopic (exact) mass is 236 g/mol. The largest absolute Gasteiger partial charge is 0.329 e. The van der Waals surface area contributed by atoms with Crippen molar-refractivity contribution in [2.75, 3.05) is 0 Å². The summed E-state index contributed by atoms with van der Waals surface area (Å²) in [6.45, 7) is 2.58. The average molecular weight is 236 g/mol. The number of nitrogens with zero attached hydrogens (tertiary/aromatic N) is 4. The lowest BCUT2D eigenvalue weighted by molar-refractivity contribution is 0.690. The molecule has 2 heterocycles. The molecule has 0 atom stereocenters. The molecule has 0 saturated heterocycles. The summed E-state index contributed by atoms with van der Waals surface area (Å²) in [4.78, 5) is 20.1. The Morgan fingerprint density at radius 3 is 2.69 bits per heavy atom. The summed E-state index contributed by atoms with van der Waals surface area (Å²) in [5.41, 5.74) is -0.0713. The molecule has 0 radical (unpaired) electrons. The van der Waals surface area contributed by atoms with Crippen molar-refractivity contribution in [3.8, 4) is 0 Å². The zero-order valence-corrected chi connectivity index (χ0v) is 9.94. The third-order valence-electron chi connectivity index (χ3n) is 2.19. The molecular weight excluding hydrogens is 224 g/mol. The third-order valence-corrected chi connectivity index (χ3v) is 3.24. The number of rotatable bonds is 3. The highest BCUT2D eigenvalue weighted by Gasteiger charge is 2.08. The van der Waals surface area contributed by atoms with Crippen LogP contribution in [0.1, 0.15) is 6.92 Å². The number of imidazole rings is 1. The zero-order chi connectivity index (χ0) is 11.5. The van der Waals surface area contributed by atoms with Gasteiger partial charge in [0.2, 0.25) is 0 Å². The van der Waals surface area contributed by atoms with Gasteiger partial charge < -0.3 is 9.13 Å². The maximum Gasteiger partial charge on any atom is 0.283 e. The first-order chi connectivity index (χ1) is 7.72. The molecule has 2 rings (SSSR count). The lowest BCUT2D eigenvalue weighted by Gasteiger charge is -2.03. The highest BCUT2D eigenvalue weighted by atomic mass is 32.2. The van der Waals surface area contributed by atoms with Crippen LogP contribution in [0.3, 0.4) is 0 Å². The summed E-state index contributed by atoms with van der Waals surface area (Å²) >= 11 is 1.28. The maximum absolute atomic E-state index is 11.9. The number of hydrogen-bond acceptors (Lipinski definition) is 4. The summed E-state index contributed by atoms with van der Waals surface area (Å²) < 4.78 is 3.48. The van der Waals surface area contributed by atoms with Crippen molar-refractivity contribution >= 4 is 11.8 Å². The lowest BCUT2D eigenvalue weighted by atomic mass is 10.6. The highest BCUT2D eigenvalue weighted by Crippen LogP contribution is 2.20. The second-order valence-electron chi connectivity index (χ2n) is 3.25. The Balaban J connectivity index is 2.36. The summed E-state index contributed by atoms with van der Waals surface area (Å²) in [5, 5.41) is 1.22. The van der Waals surface area contributed by atoms with Gasteiger partial charge in [-0.1, -0.05) is 0 Å². The molecule has 2 aromatic rings. The molecule has 5 nitrogen and oxygen atoms in total. The molecule has 6 heteroatoms. The van der Waals surface area contributed by atoms with Crippen molar-refractivity contribution in [1.29, 1.82) is 0 Å². The standard InChI is InChI=1S/C10H12N4OS/c1-3-14-7-5-11-8(9(14)15)16-10-12-4-6-13(10)2/h4-7H,3H2,1-2H3. The molecule has 0 unspecified atom stereocenters. The van der Waals surface area contributed by atoms with E-state index in [-0.39, 0.29) is 5.56 Å². The molecular formula is C10H12N4OS. The van der Waals surface area contributed by atoms with Crippen molar-refractivity contribution in [3.63, 3.8) is 0 Å². The average Bonchev–Trinajstić information content (AvgIpc) is 2.68. The van der Waals surface area contributed by atoms with Gasteiger partial charge in [0.25, 0.3) is 5.56 Å². The van der Waals surface area contributed by atoms with Gasteiger partial charge in [-0.2, -0.15) is 0 Å². The van der Waals surface area contributed by atoms with E-state index in [1.807, 2.05) is 24.7 Å². The molecule has 2 aromatic heterocycles. The van der Waals surface area contributed by atoms with Crippen molar-refractivity contribution in [1.82, 2.24) is 19.1 Å². The molecule has 0 aromatic carbocycles. The topological polar surface area (TPSA) is 52.7 Å². The first-order valence-electron chi connectivity index (χ1n) is 4.93. The van der Waals surface area contributed by atoms with Gasteiger partial charge in [0.1, 0.15) is 0 Å². The van der Waals surface area contributed by atoms with E-state index >= 15 is 0 Å². The molecule has 0 fully saturated rings. The van der Waals surface area contributed by atoms with Crippen molar-refractivity contribution in [3.05, 3.63) is 35.1 Å². The van der Waals surface area contributed by atoms with Crippen LogP contribution in [0.5, 0.6) is 0 Å². The molecule has 0 aliphatic rings. The van der Waals surface area contributed by atoms with Crippen LogP contribution in [0.25, 0.3) is 0 Å². The van der Waals surface area contributed by atoms with Crippen LogP contribution < -0.4 is 5.56 Å². The van der Waals surface area contributed by atoms with Crippen LogP contribution in [0.4, 0.5) is 0 Å². The van der Waals surface area contributed by atoms with E-state index in [1.165, 1.54) is 11.8 Å². The Bertz CT molecular complexity index is 546. The van der Waals surface area contributed by atoms with Crippen molar-refractivity contribution in [2.24, 2.45) is 7.05 Å². The predicted octanol–water partition coefficient (Wildman–Crippen LogP) is 1.15. The van der Waals surface area contributed by atoms with Gasteiger partial charge in [0.05, 0.1) is 0 Å². The zero-order valence-electron chi connectivity index (χ0n) is 9.12. The summed E-state index contributed by atoms with van der Waals surface area (Å²) in [7, 11) is 1.89. The smallest absolute Gasteiger partial charge is 0.283 e. The lowest BCUT2D eigenvalue weighted by Crippen LogP contribution is -2.21. The Morgan fingerprint density at radius 2 is 2.06 bits per heavy atom. The van der Waals surface area contributed by atoms with Gasteiger partial charge >= 0.3 is 0 Å². The van der Waals surface area contributed by atoms with Gasteiger partial charge in [0.15, 0.2) is 10.2 Å². The fourth-order valence-electron chi connectivity index (χ4n) is 1.28. The van der Waals surface area contributed by atoms with Crippen LogP contribution >= 0.6 is 11.8 Å². The fraction of sp³-hybridized carbons (Fsp3) is 0.300. The van der Waals surface area contributed by atoms with Gasteiger partial charge in [-0.05, 0) is 18.7 Å². The molecule has 0 N–H and O–H groups in total. The molecule has 0 spiro atoms. The van der Waals surface area contributed by atoms with Gasteiger partial charge in [-0.3, -0.25) is 4.79 Å². The first-order valence-corrected chi connectivity index (χ1v) is 5.74. The minimum Gasteiger partial charge on any atom is -0.329 e. The summed E-state index contributed by atoms with van der Waals surface area (Å²) in [6.07, 6.45) is 6.86. The van der Waals surface area contributed by atoms with Gasteiger partial charge in [-0.15, -0.1) is 0 Å². The Morgan fingerprint density at radius 1 is 1.31 bits per heavy atom. The highest BCUT2D eigenvalue weighted by molar-refractivity contribution is 7.99. The Kier molecular flexibility index (Phi) is 3.09. The molecule has 16 heavy (non-hydrogen) atoms. The maximum atomic E-state index is 11.9.